The van der Waals surface area contributed by atoms with Crippen LogP contribution in [0.5, 0.6) is 0 Å². The molecule has 0 aliphatic carbocycles. The van der Waals surface area contributed by atoms with Gasteiger partial charge in [0, 0.05) is 30.1 Å². The Morgan fingerprint density at radius 3 is 2.39 bits per heavy atom. The van der Waals surface area contributed by atoms with Gasteiger partial charge in [-0.3, -0.25) is 4.79 Å². The van der Waals surface area contributed by atoms with Crippen LogP contribution in [0.4, 0.5) is 4.39 Å². The van der Waals surface area contributed by atoms with Crippen molar-refractivity contribution in [3.63, 3.8) is 0 Å². The van der Waals surface area contributed by atoms with Crippen molar-refractivity contribution in [2.45, 2.75) is 25.9 Å². The summed E-state index contributed by atoms with van der Waals surface area (Å²) in [6.07, 6.45) is 1.76. The molecule has 4 rings (SSSR count). The van der Waals surface area contributed by atoms with Crippen molar-refractivity contribution in [3.05, 3.63) is 101 Å². The number of hydrogen-bond acceptors (Lipinski definition) is 4. The zero-order valence-electron chi connectivity index (χ0n) is 20.4. The van der Waals surface area contributed by atoms with Crippen molar-refractivity contribution in [2.75, 3.05) is 13.3 Å². The van der Waals surface area contributed by atoms with E-state index in [0.29, 0.717) is 39.7 Å². The Balaban J connectivity index is 1.95. The zero-order chi connectivity index (χ0) is 25.9. The molecule has 6 nitrogen and oxygen atoms in total. The molecule has 1 amide bonds. The topological polar surface area (TPSA) is 79.4 Å². The van der Waals surface area contributed by atoms with Crippen LogP contribution in [0.15, 0.2) is 78.9 Å². The molecule has 0 fully saturated rings. The molecule has 1 atom stereocenters. The van der Waals surface area contributed by atoms with E-state index in [1.54, 1.807) is 30.3 Å². The molecule has 8 heteroatoms. The first-order chi connectivity index (χ1) is 17.2. The highest BCUT2D eigenvalue weighted by molar-refractivity contribution is 7.88. The van der Waals surface area contributed by atoms with Crippen molar-refractivity contribution >= 4 is 26.8 Å². The molecule has 0 spiro atoms. The number of nitrogens with zero attached hydrogens (tertiary/aromatic N) is 2. The van der Waals surface area contributed by atoms with E-state index in [0.717, 1.165) is 16.1 Å². The van der Waals surface area contributed by atoms with E-state index in [4.69, 9.17) is 4.98 Å². The number of benzene rings is 3. The molecule has 1 N–H and O–H groups in total. The van der Waals surface area contributed by atoms with Crippen LogP contribution in [0.1, 0.15) is 40.9 Å². The minimum Gasteiger partial charge on any atom is -0.345 e. The van der Waals surface area contributed by atoms with E-state index in [-0.39, 0.29) is 18.5 Å². The average Bonchev–Trinajstić information content (AvgIpc) is 2.86. The second kappa shape index (κ2) is 10.6. The van der Waals surface area contributed by atoms with Crippen molar-refractivity contribution < 1.29 is 17.6 Å². The van der Waals surface area contributed by atoms with Crippen molar-refractivity contribution in [2.24, 2.45) is 0 Å². The van der Waals surface area contributed by atoms with Gasteiger partial charge in [0.15, 0.2) is 0 Å². The Hall–Kier alpha value is -3.62. The van der Waals surface area contributed by atoms with Crippen LogP contribution in [0.25, 0.3) is 22.2 Å². The lowest BCUT2D eigenvalue weighted by Gasteiger charge is -2.23. The van der Waals surface area contributed by atoms with Crippen molar-refractivity contribution in [3.8, 4) is 11.3 Å². The Bertz CT molecular complexity index is 1510. The van der Waals surface area contributed by atoms with Crippen LogP contribution >= 0.6 is 0 Å². The number of carbonyl (C=O) groups is 1. The molecule has 1 aromatic heterocycles. The maximum Gasteiger partial charge on any atom is 0.252 e. The van der Waals surface area contributed by atoms with Gasteiger partial charge in [-0.1, -0.05) is 67.6 Å². The average molecular weight is 506 g/mol. The third-order valence-electron chi connectivity index (χ3n) is 6.18. The highest BCUT2D eigenvalue weighted by Gasteiger charge is 2.26. The lowest BCUT2D eigenvalue weighted by Crippen LogP contribution is -2.31. The number of para-hydroxylation sites is 1. The quantitative estimate of drug-likeness (QED) is 0.352. The molecule has 0 aliphatic heterocycles. The smallest absolute Gasteiger partial charge is 0.252 e. The number of pyridine rings is 1. The van der Waals surface area contributed by atoms with Gasteiger partial charge in [-0.05, 0) is 30.2 Å². The summed E-state index contributed by atoms with van der Waals surface area (Å²) in [5.41, 5.74) is 3.08. The fraction of sp³-hybridized carbons (Fsp3) is 0.214. The molecular formula is C28H28FN3O3S. The summed E-state index contributed by atoms with van der Waals surface area (Å²) < 4.78 is 40.0. The SMILES string of the molecule is CC[C@H](NC(=O)c1c(CN(C)S(C)(=O)=O)c(-c2cccc(F)c2)nc2ccccc12)c1ccccc1. The number of nitrogens with one attached hydrogen (secondary N) is 1. The number of fused-ring (bicyclic) bond motifs is 1. The minimum atomic E-state index is -3.57. The van der Waals surface area contributed by atoms with E-state index < -0.39 is 15.8 Å². The molecule has 186 valence electrons. The molecule has 3 aromatic carbocycles. The van der Waals surface area contributed by atoms with Crippen LogP contribution in [-0.4, -0.2) is 36.9 Å². The summed E-state index contributed by atoms with van der Waals surface area (Å²) in [5.74, 6) is -0.801. The van der Waals surface area contributed by atoms with E-state index in [2.05, 4.69) is 5.32 Å². The predicted molar refractivity (Wildman–Crippen MR) is 140 cm³/mol. The number of amides is 1. The summed E-state index contributed by atoms with van der Waals surface area (Å²) in [6, 6.07) is 22.5. The summed E-state index contributed by atoms with van der Waals surface area (Å²) in [4.78, 5) is 18.7. The molecule has 1 heterocycles. The van der Waals surface area contributed by atoms with Gasteiger partial charge in [-0.25, -0.2) is 22.1 Å². The van der Waals surface area contributed by atoms with Crippen molar-refractivity contribution in [1.29, 1.82) is 0 Å². The van der Waals surface area contributed by atoms with Gasteiger partial charge < -0.3 is 5.32 Å². The van der Waals surface area contributed by atoms with Crippen molar-refractivity contribution in [1.82, 2.24) is 14.6 Å². The Kier molecular flexibility index (Phi) is 7.47. The highest BCUT2D eigenvalue weighted by Crippen LogP contribution is 2.32. The van der Waals surface area contributed by atoms with Crippen LogP contribution < -0.4 is 5.32 Å². The third-order valence-corrected chi connectivity index (χ3v) is 7.44. The van der Waals surface area contributed by atoms with Gasteiger partial charge in [0.2, 0.25) is 10.0 Å². The van der Waals surface area contributed by atoms with E-state index in [1.807, 2.05) is 43.3 Å². The van der Waals surface area contributed by atoms with Gasteiger partial charge in [-0.2, -0.15) is 0 Å². The summed E-state index contributed by atoms with van der Waals surface area (Å²) in [7, 11) is -2.13. The second-order valence-corrected chi connectivity index (χ2v) is 10.8. The van der Waals surface area contributed by atoms with Gasteiger partial charge in [-0.15, -0.1) is 0 Å². The molecule has 0 aliphatic rings. The zero-order valence-corrected chi connectivity index (χ0v) is 21.2. The standard InChI is InChI=1S/C28H28FN3O3S/c1-4-24(19-11-6-5-7-12-19)31-28(33)26-22-15-8-9-16-25(22)30-27(20-13-10-14-21(29)17-20)23(26)18-32(2)36(3,34)35/h5-17,24H,4,18H2,1-3H3,(H,31,33)/t24-/m0/s1. The predicted octanol–water partition coefficient (Wildman–Crippen LogP) is 5.31. The summed E-state index contributed by atoms with van der Waals surface area (Å²) >= 11 is 0. The molecule has 0 saturated heterocycles. The third kappa shape index (κ3) is 5.45. The lowest BCUT2D eigenvalue weighted by molar-refractivity contribution is 0.0936. The lowest BCUT2D eigenvalue weighted by atomic mass is 9.95. The fourth-order valence-electron chi connectivity index (χ4n) is 4.22. The van der Waals surface area contributed by atoms with Gasteiger partial charge in [0.1, 0.15) is 5.82 Å². The second-order valence-electron chi connectivity index (χ2n) is 8.71. The van der Waals surface area contributed by atoms with Crippen LogP contribution in [0, 0.1) is 5.82 Å². The van der Waals surface area contributed by atoms with Gasteiger partial charge in [0.05, 0.1) is 29.1 Å². The monoisotopic (exact) mass is 505 g/mol. The number of aromatic nitrogens is 1. The fourth-order valence-corrected chi connectivity index (χ4v) is 4.58. The Labute approximate surface area is 210 Å². The Morgan fingerprint density at radius 1 is 1.03 bits per heavy atom. The molecule has 0 saturated carbocycles. The first kappa shape index (κ1) is 25.5. The van der Waals surface area contributed by atoms with E-state index in [1.165, 1.54) is 19.2 Å². The highest BCUT2D eigenvalue weighted by atomic mass is 32.2. The first-order valence-corrected chi connectivity index (χ1v) is 13.5. The first-order valence-electron chi connectivity index (χ1n) is 11.6. The summed E-state index contributed by atoms with van der Waals surface area (Å²) in [6.45, 7) is 1.88. The molecule has 0 radical (unpaired) electrons. The number of halogens is 1. The number of rotatable bonds is 8. The molecule has 36 heavy (non-hydrogen) atoms. The van der Waals surface area contributed by atoms with Gasteiger partial charge >= 0.3 is 0 Å². The van der Waals surface area contributed by atoms with Crippen LogP contribution in [0.3, 0.4) is 0 Å². The number of carbonyl (C=O) groups excluding carboxylic acids is 1. The van der Waals surface area contributed by atoms with Crippen LogP contribution in [-0.2, 0) is 16.6 Å². The Morgan fingerprint density at radius 2 is 1.72 bits per heavy atom. The normalized spacial score (nSPS) is 12.6. The summed E-state index contributed by atoms with van der Waals surface area (Å²) in [5, 5.41) is 3.72. The molecule has 0 bridgehead atoms. The van der Waals surface area contributed by atoms with Crippen LogP contribution in [0.2, 0.25) is 0 Å². The molecule has 0 unspecified atom stereocenters. The number of hydrogen-bond donors (Lipinski definition) is 1. The molecule has 4 aromatic rings. The molecular weight excluding hydrogens is 477 g/mol. The largest absolute Gasteiger partial charge is 0.345 e. The number of sulfonamides is 1. The van der Waals surface area contributed by atoms with E-state index >= 15 is 0 Å². The van der Waals surface area contributed by atoms with Gasteiger partial charge in [0.25, 0.3) is 5.91 Å². The minimum absolute atomic E-state index is 0.104. The maximum absolute atomic E-state index is 14.2. The van der Waals surface area contributed by atoms with E-state index in [9.17, 15) is 17.6 Å². The maximum atomic E-state index is 14.2.